The van der Waals surface area contributed by atoms with Gasteiger partial charge in [0.15, 0.2) is 5.78 Å². The van der Waals surface area contributed by atoms with Crippen LogP contribution < -0.4 is 0 Å². The van der Waals surface area contributed by atoms with Gasteiger partial charge in [-0.05, 0) is 38.8 Å². The zero-order valence-corrected chi connectivity index (χ0v) is 10.6. The van der Waals surface area contributed by atoms with Crippen LogP contribution in [-0.4, -0.2) is 16.5 Å². The Morgan fingerprint density at radius 3 is 2.27 bits per heavy atom. The molecule has 0 aromatic rings. The second-order valence-electron chi connectivity index (χ2n) is 3.64. The predicted molar refractivity (Wildman–Crippen MR) is 63.9 cm³/mol. The largest absolute Gasteiger partial charge is 0.377 e. The maximum atomic E-state index is 11.5. The second kappa shape index (κ2) is 6.09. The first kappa shape index (κ1) is 14.4. The molecule has 0 aliphatic heterocycles. The highest BCUT2D eigenvalue weighted by Crippen LogP contribution is 2.26. The van der Waals surface area contributed by atoms with E-state index < -0.39 is 5.60 Å². The van der Waals surface area contributed by atoms with Gasteiger partial charge in [0, 0.05) is 5.03 Å². The SMILES string of the molecule is CC=C(C=C(C)Cl)C(O)(CCC)C(C)=O. The summed E-state index contributed by atoms with van der Waals surface area (Å²) in [7, 11) is 0. The molecular weight excluding hydrogens is 212 g/mol. The quantitative estimate of drug-likeness (QED) is 0.737. The lowest BCUT2D eigenvalue weighted by atomic mass is 9.85. The molecule has 0 bridgehead atoms. The first-order valence-corrected chi connectivity index (χ1v) is 5.50. The van der Waals surface area contributed by atoms with Crippen molar-refractivity contribution in [2.24, 2.45) is 0 Å². The summed E-state index contributed by atoms with van der Waals surface area (Å²) >= 11 is 5.76. The molecule has 86 valence electrons. The van der Waals surface area contributed by atoms with Gasteiger partial charge in [-0.2, -0.15) is 0 Å². The molecule has 0 radical (unpaired) electrons. The summed E-state index contributed by atoms with van der Waals surface area (Å²) in [6, 6.07) is 0. The lowest BCUT2D eigenvalue weighted by molar-refractivity contribution is -0.131. The van der Waals surface area contributed by atoms with Gasteiger partial charge >= 0.3 is 0 Å². The van der Waals surface area contributed by atoms with Gasteiger partial charge in [0.05, 0.1) is 0 Å². The Labute approximate surface area is 96.6 Å². The van der Waals surface area contributed by atoms with E-state index in [-0.39, 0.29) is 5.78 Å². The average molecular weight is 231 g/mol. The molecule has 0 spiro atoms. The maximum absolute atomic E-state index is 11.5. The molecule has 0 aromatic carbocycles. The van der Waals surface area contributed by atoms with E-state index in [0.29, 0.717) is 17.0 Å². The first-order chi connectivity index (χ1) is 6.88. The number of carbonyl (C=O) groups is 1. The van der Waals surface area contributed by atoms with Gasteiger partial charge < -0.3 is 5.11 Å². The number of hydrogen-bond donors (Lipinski definition) is 1. The minimum absolute atomic E-state index is 0.244. The monoisotopic (exact) mass is 230 g/mol. The van der Waals surface area contributed by atoms with Crippen LogP contribution >= 0.6 is 11.6 Å². The predicted octanol–water partition coefficient (Wildman–Crippen LogP) is 3.20. The summed E-state index contributed by atoms with van der Waals surface area (Å²) in [6.45, 7) is 6.84. The molecule has 0 heterocycles. The normalized spacial score (nSPS) is 17.5. The summed E-state index contributed by atoms with van der Waals surface area (Å²) in [5.41, 5.74) is -0.816. The molecule has 1 atom stereocenters. The fourth-order valence-electron chi connectivity index (χ4n) is 1.54. The molecular formula is C12H19ClO2. The number of Topliss-reactive ketones (excluding diaryl/α,β-unsaturated/α-hetero) is 1. The Balaban J connectivity index is 5.23. The summed E-state index contributed by atoms with van der Waals surface area (Å²) in [5.74, 6) is -0.244. The highest BCUT2D eigenvalue weighted by molar-refractivity contribution is 6.29. The standard InChI is InChI=1S/C12H19ClO2/c1-5-7-12(15,10(4)14)11(6-2)8-9(3)13/h6,8,15H,5,7H2,1-4H3. The summed E-state index contributed by atoms with van der Waals surface area (Å²) < 4.78 is 0. The molecule has 0 aliphatic rings. The molecule has 0 aliphatic carbocycles. The van der Waals surface area contributed by atoms with Crippen LogP contribution in [0.15, 0.2) is 22.8 Å². The van der Waals surface area contributed by atoms with E-state index in [1.165, 1.54) is 6.92 Å². The van der Waals surface area contributed by atoms with E-state index in [4.69, 9.17) is 11.6 Å². The van der Waals surface area contributed by atoms with Crippen LogP contribution in [0.25, 0.3) is 0 Å². The minimum Gasteiger partial charge on any atom is -0.377 e. The molecule has 0 aromatic heterocycles. The third-order valence-electron chi connectivity index (χ3n) is 2.34. The molecule has 0 saturated heterocycles. The van der Waals surface area contributed by atoms with Crippen molar-refractivity contribution in [3.63, 3.8) is 0 Å². The van der Waals surface area contributed by atoms with Gasteiger partial charge in [0.1, 0.15) is 5.60 Å². The van der Waals surface area contributed by atoms with Crippen molar-refractivity contribution in [1.29, 1.82) is 0 Å². The van der Waals surface area contributed by atoms with Crippen LogP contribution in [0.2, 0.25) is 0 Å². The summed E-state index contributed by atoms with van der Waals surface area (Å²) in [5, 5.41) is 10.8. The molecule has 0 saturated carbocycles. The van der Waals surface area contributed by atoms with Crippen molar-refractivity contribution in [3.8, 4) is 0 Å². The third-order valence-corrected chi connectivity index (χ3v) is 2.45. The van der Waals surface area contributed by atoms with Crippen molar-refractivity contribution in [3.05, 3.63) is 22.8 Å². The zero-order valence-electron chi connectivity index (χ0n) is 9.80. The van der Waals surface area contributed by atoms with E-state index >= 15 is 0 Å². The zero-order chi connectivity index (χ0) is 12.1. The van der Waals surface area contributed by atoms with Gasteiger partial charge in [0.2, 0.25) is 0 Å². The van der Waals surface area contributed by atoms with E-state index in [2.05, 4.69) is 0 Å². The van der Waals surface area contributed by atoms with Crippen molar-refractivity contribution >= 4 is 17.4 Å². The van der Waals surface area contributed by atoms with Gasteiger partial charge in [0.25, 0.3) is 0 Å². The van der Waals surface area contributed by atoms with Crippen LogP contribution in [0.5, 0.6) is 0 Å². The highest BCUT2D eigenvalue weighted by atomic mass is 35.5. The van der Waals surface area contributed by atoms with Gasteiger partial charge in [-0.1, -0.05) is 31.0 Å². The van der Waals surface area contributed by atoms with Gasteiger partial charge in [-0.25, -0.2) is 0 Å². The van der Waals surface area contributed by atoms with Crippen molar-refractivity contribution in [2.45, 2.75) is 46.1 Å². The Morgan fingerprint density at radius 1 is 1.47 bits per heavy atom. The Bertz CT molecular complexity index is 288. The maximum Gasteiger partial charge on any atom is 0.165 e. The van der Waals surface area contributed by atoms with E-state index in [1.54, 1.807) is 26.0 Å². The smallest absolute Gasteiger partial charge is 0.165 e. The fraction of sp³-hybridized carbons (Fsp3) is 0.583. The van der Waals surface area contributed by atoms with Crippen LogP contribution in [0.1, 0.15) is 40.5 Å². The first-order valence-electron chi connectivity index (χ1n) is 5.12. The molecule has 0 amide bonds. The summed E-state index contributed by atoms with van der Waals surface area (Å²) in [6.07, 6.45) is 4.52. The lowest BCUT2D eigenvalue weighted by Crippen LogP contribution is -2.38. The van der Waals surface area contributed by atoms with E-state index in [1.807, 2.05) is 6.92 Å². The van der Waals surface area contributed by atoms with Crippen molar-refractivity contribution in [1.82, 2.24) is 0 Å². The number of carbonyl (C=O) groups excluding carboxylic acids is 1. The van der Waals surface area contributed by atoms with Crippen LogP contribution in [0.4, 0.5) is 0 Å². The van der Waals surface area contributed by atoms with Gasteiger partial charge in [-0.3, -0.25) is 4.79 Å². The van der Waals surface area contributed by atoms with Crippen LogP contribution in [0, 0.1) is 0 Å². The lowest BCUT2D eigenvalue weighted by Gasteiger charge is -2.26. The van der Waals surface area contributed by atoms with Crippen LogP contribution in [-0.2, 0) is 4.79 Å². The number of ketones is 1. The molecule has 2 nitrogen and oxygen atoms in total. The van der Waals surface area contributed by atoms with Crippen molar-refractivity contribution in [2.75, 3.05) is 0 Å². The number of rotatable bonds is 5. The Kier molecular flexibility index (Phi) is 5.84. The molecule has 1 N–H and O–H groups in total. The molecule has 3 heteroatoms. The van der Waals surface area contributed by atoms with E-state index in [0.717, 1.165) is 6.42 Å². The highest BCUT2D eigenvalue weighted by Gasteiger charge is 2.34. The third kappa shape index (κ3) is 3.80. The molecule has 0 fully saturated rings. The average Bonchev–Trinajstić information content (AvgIpc) is 2.13. The Hall–Kier alpha value is -0.600. The van der Waals surface area contributed by atoms with Crippen LogP contribution in [0.3, 0.4) is 0 Å². The number of hydrogen-bond acceptors (Lipinski definition) is 2. The second-order valence-corrected chi connectivity index (χ2v) is 4.24. The number of aliphatic hydroxyl groups is 1. The van der Waals surface area contributed by atoms with Gasteiger partial charge in [-0.15, -0.1) is 0 Å². The van der Waals surface area contributed by atoms with E-state index in [9.17, 15) is 9.90 Å². The number of allylic oxidation sites excluding steroid dienone is 2. The minimum atomic E-state index is -1.39. The molecule has 1 unspecified atom stereocenters. The number of halogens is 1. The molecule has 15 heavy (non-hydrogen) atoms. The summed E-state index contributed by atoms with van der Waals surface area (Å²) in [4.78, 5) is 11.5. The Morgan fingerprint density at radius 2 is 2.00 bits per heavy atom. The topological polar surface area (TPSA) is 37.3 Å². The van der Waals surface area contributed by atoms with Crippen molar-refractivity contribution < 1.29 is 9.90 Å². The fourth-order valence-corrected chi connectivity index (χ4v) is 1.66. The molecule has 0 rings (SSSR count).